The van der Waals surface area contributed by atoms with Gasteiger partial charge in [0.15, 0.2) is 0 Å². The maximum absolute atomic E-state index is 13.0. The SMILES string of the molecule is COc1ccc(NCCC(=O)Nc2ccc(Cl)cc2C(F)(F)F)cc1. The maximum Gasteiger partial charge on any atom is 0.418 e. The van der Waals surface area contributed by atoms with E-state index in [-0.39, 0.29) is 23.7 Å². The molecule has 0 heterocycles. The van der Waals surface area contributed by atoms with E-state index in [0.717, 1.165) is 17.8 Å². The number of carbonyl (C=O) groups is 1. The Morgan fingerprint density at radius 1 is 1.16 bits per heavy atom. The molecule has 2 aromatic carbocycles. The van der Waals surface area contributed by atoms with E-state index in [2.05, 4.69) is 10.6 Å². The van der Waals surface area contributed by atoms with E-state index in [9.17, 15) is 18.0 Å². The van der Waals surface area contributed by atoms with E-state index < -0.39 is 17.6 Å². The van der Waals surface area contributed by atoms with Crippen molar-refractivity contribution in [3.63, 3.8) is 0 Å². The van der Waals surface area contributed by atoms with Crippen LogP contribution in [0.5, 0.6) is 5.75 Å². The highest BCUT2D eigenvalue weighted by Gasteiger charge is 2.34. The van der Waals surface area contributed by atoms with Gasteiger partial charge in [-0.05, 0) is 42.5 Å². The number of hydrogen-bond acceptors (Lipinski definition) is 3. The van der Waals surface area contributed by atoms with Crippen molar-refractivity contribution in [2.45, 2.75) is 12.6 Å². The summed E-state index contributed by atoms with van der Waals surface area (Å²) in [6, 6.07) is 10.3. The van der Waals surface area contributed by atoms with E-state index >= 15 is 0 Å². The van der Waals surface area contributed by atoms with Gasteiger partial charge < -0.3 is 15.4 Å². The second-order valence-corrected chi connectivity index (χ2v) is 5.58. The lowest BCUT2D eigenvalue weighted by Gasteiger charge is -2.14. The van der Waals surface area contributed by atoms with Crippen LogP contribution < -0.4 is 15.4 Å². The van der Waals surface area contributed by atoms with Gasteiger partial charge in [-0.25, -0.2) is 0 Å². The maximum atomic E-state index is 13.0. The van der Waals surface area contributed by atoms with Crippen molar-refractivity contribution in [2.75, 3.05) is 24.3 Å². The van der Waals surface area contributed by atoms with Gasteiger partial charge in [0.25, 0.3) is 0 Å². The average Bonchev–Trinajstić information content (AvgIpc) is 2.56. The minimum atomic E-state index is -4.60. The summed E-state index contributed by atoms with van der Waals surface area (Å²) < 4.78 is 44.0. The topological polar surface area (TPSA) is 50.4 Å². The average molecular weight is 373 g/mol. The zero-order valence-corrected chi connectivity index (χ0v) is 14.0. The van der Waals surface area contributed by atoms with Crippen LogP contribution in [0.4, 0.5) is 24.5 Å². The summed E-state index contributed by atoms with van der Waals surface area (Å²) in [5.74, 6) is 0.166. The molecule has 0 unspecified atom stereocenters. The molecule has 25 heavy (non-hydrogen) atoms. The second kappa shape index (κ2) is 8.11. The molecule has 0 fully saturated rings. The molecule has 0 saturated heterocycles. The number of nitrogens with one attached hydrogen (secondary N) is 2. The predicted octanol–water partition coefficient (Wildman–Crippen LogP) is 4.81. The lowest BCUT2D eigenvalue weighted by molar-refractivity contribution is -0.137. The molecule has 4 nitrogen and oxygen atoms in total. The Labute approximate surface area is 147 Å². The number of benzene rings is 2. The van der Waals surface area contributed by atoms with Crippen molar-refractivity contribution in [2.24, 2.45) is 0 Å². The quantitative estimate of drug-likeness (QED) is 0.765. The summed E-state index contributed by atoms with van der Waals surface area (Å²) in [4.78, 5) is 11.9. The van der Waals surface area contributed by atoms with Gasteiger partial charge in [-0.2, -0.15) is 13.2 Å². The van der Waals surface area contributed by atoms with Crippen molar-refractivity contribution in [1.29, 1.82) is 0 Å². The van der Waals surface area contributed by atoms with Gasteiger partial charge in [-0.3, -0.25) is 4.79 Å². The molecule has 134 valence electrons. The number of rotatable bonds is 6. The van der Waals surface area contributed by atoms with Crippen LogP contribution in [0.3, 0.4) is 0 Å². The number of halogens is 4. The van der Waals surface area contributed by atoms with Crippen LogP contribution >= 0.6 is 11.6 Å². The minimum Gasteiger partial charge on any atom is -0.497 e. The molecule has 0 aliphatic rings. The van der Waals surface area contributed by atoms with Gasteiger partial charge in [0.05, 0.1) is 18.4 Å². The van der Waals surface area contributed by atoms with Crippen molar-refractivity contribution < 1.29 is 22.7 Å². The van der Waals surface area contributed by atoms with Crippen LogP contribution in [-0.4, -0.2) is 19.6 Å². The molecule has 0 bridgehead atoms. The van der Waals surface area contributed by atoms with Gasteiger partial charge in [-0.1, -0.05) is 11.6 Å². The molecule has 0 spiro atoms. The van der Waals surface area contributed by atoms with Gasteiger partial charge >= 0.3 is 6.18 Å². The molecule has 0 saturated carbocycles. The summed E-state index contributed by atoms with van der Waals surface area (Å²) in [5.41, 5.74) is -0.515. The van der Waals surface area contributed by atoms with Crippen LogP contribution in [0, 0.1) is 0 Å². The first-order valence-corrected chi connectivity index (χ1v) is 7.72. The number of ether oxygens (including phenoxy) is 1. The molecule has 0 aliphatic carbocycles. The van der Waals surface area contributed by atoms with E-state index in [1.165, 1.54) is 6.07 Å². The smallest absolute Gasteiger partial charge is 0.418 e. The lowest BCUT2D eigenvalue weighted by atomic mass is 10.1. The lowest BCUT2D eigenvalue weighted by Crippen LogP contribution is -2.19. The summed E-state index contributed by atoms with van der Waals surface area (Å²) in [7, 11) is 1.55. The fraction of sp³-hybridized carbons (Fsp3) is 0.235. The van der Waals surface area contributed by atoms with Crippen LogP contribution in [0.1, 0.15) is 12.0 Å². The highest BCUT2D eigenvalue weighted by Crippen LogP contribution is 2.36. The largest absolute Gasteiger partial charge is 0.497 e. The molecule has 0 aromatic heterocycles. The second-order valence-electron chi connectivity index (χ2n) is 5.14. The Kier molecular flexibility index (Phi) is 6.14. The first-order chi connectivity index (χ1) is 11.8. The first-order valence-electron chi connectivity index (χ1n) is 7.34. The molecular formula is C17H16ClF3N2O2. The summed E-state index contributed by atoms with van der Waals surface area (Å²) >= 11 is 5.60. The number of amides is 1. The molecule has 0 radical (unpaired) electrons. The van der Waals surface area contributed by atoms with Crippen molar-refractivity contribution in [3.05, 3.63) is 53.1 Å². The van der Waals surface area contributed by atoms with Crippen LogP contribution in [0.25, 0.3) is 0 Å². The molecule has 2 N–H and O–H groups in total. The van der Waals surface area contributed by atoms with Gasteiger partial charge in [-0.15, -0.1) is 0 Å². The zero-order chi connectivity index (χ0) is 18.4. The number of carbonyl (C=O) groups excluding carboxylic acids is 1. The van der Waals surface area contributed by atoms with Crippen molar-refractivity contribution in [1.82, 2.24) is 0 Å². The van der Waals surface area contributed by atoms with Gasteiger partial charge in [0.1, 0.15) is 5.75 Å². The summed E-state index contributed by atoms with van der Waals surface area (Å²) in [5, 5.41) is 5.23. The van der Waals surface area contributed by atoms with Crippen LogP contribution in [0.2, 0.25) is 5.02 Å². The van der Waals surface area contributed by atoms with E-state index in [1.807, 2.05) is 0 Å². The highest BCUT2D eigenvalue weighted by molar-refractivity contribution is 6.30. The predicted molar refractivity (Wildman–Crippen MR) is 91.2 cm³/mol. The van der Waals surface area contributed by atoms with E-state index in [1.54, 1.807) is 31.4 Å². The fourth-order valence-corrected chi connectivity index (χ4v) is 2.27. The molecular weight excluding hydrogens is 357 g/mol. The Balaban J connectivity index is 1.92. The normalized spacial score (nSPS) is 11.1. The molecule has 2 rings (SSSR count). The minimum absolute atomic E-state index is 0.00591. The Morgan fingerprint density at radius 3 is 2.44 bits per heavy atom. The zero-order valence-electron chi connectivity index (χ0n) is 13.3. The third-order valence-electron chi connectivity index (χ3n) is 3.33. The first kappa shape index (κ1) is 18.9. The molecule has 0 aliphatic heterocycles. The third kappa shape index (κ3) is 5.56. The monoisotopic (exact) mass is 372 g/mol. The number of alkyl halides is 3. The van der Waals surface area contributed by atoms with Crippen molar-refractivity contribution in [3.8, 4) is 5.75 Å². The highest BCUT2D eigenvalue weighted by atomic mass is 35.5. The Bertz CT molecular complexity index is 734. The number of anilines is 2. The Hall–Kier alpha value is -2.41. The van der Waals surface area contributed by atoms with Crippen LogP contribution in [0.15, 0.2) is 42.5 Å². The number of hydrogen-bond donors (Lipinski definition) is 2. The van der Waals surface area contributed by atoms with Gasteiger partial charge in [0, 0.05) is 23.7 Å². The molecule has 8 heteroatoms. The van der Waals surface area contributed by atoms with Crippen LogP contribution in [-0.2, 0) is 11.0 Å². The summed E-state index contributed by atoms with van der Waals surface area (Å²) in [6.07, 6.45) is -4.60. The Morgan fingerprint density at radius 2 is 1.84 bits per heavy atom. The third-order valence-corrected chi connectivity index (χ3v) is 3.57. The molecule has 0 atom stereocenters. The van der Waals surface area contributed by atoms with Crippen molar-refractivity contribution >= 4 is 28.9 Å². The fourth-order valence-electron chi connectivity index (χ4n) is 2.10. The standard InChI is InChI=1S/C17H16ClF3N2O2/c1-25-13-5-3-12(4-6-13)22-9-8-16(24)23-15-7-2-11(18)10-14(15)17(19,20)21/h2-7,10,22H,8-9H2,1H3,(H,23,24). The molecule has 1 amide bonds. The van der Waals surface area contributed by atoms with Gasteiger partial charge in [0.2, 0.25) is 5.91 Å². The number of methoxy groups -OCH3 is 1. The molecule has 2 aromatic rings. The van der Waals surface area contributed by atoms with E-state index in [0.29, 0.717) is 5.75 Å². The van der Waals surface area contributed by atoms with E-state index in [4.69, 9.17) is 16.3 Å². The summed E-state index contributed by atoms with van der Waals surface area (Å²) in [6.45, 7) is 0.271.